The summed E-state index contributed by atoms with van der Waals surface area (Å²) in [7, 11) is 0. The Hall–Kier alpha value is -1.88. The van der Waals surface area contributed by atoms with Gasteiger partial charge in [-0.1, -0.05) is 30.3 Å². The Morgan fingerprint density at radius 3 is 2.35 bits per heavy atom. The Kier molecular flexibility index (Phi) is 6.18. The van der Waals surface area contributed by atoms with Gasteiger partial charge >= 0.3 is 0 Å². The van der Waals surface area contributed by atoms with E-state index in [1.54, 1.807) is 0 Å². The van der Waals surface area contributed by atoms with Crippen molar-refractivity contribution in [1.29, 1.82) is 0 Å². The molecule has 0 saturated carbocycles. The summed E-state index contributed by atoms with van der Waals surface area (Å²) < 4.78 is 0. The maximum Gasteiger partial charge on any atom is 0.244 e. The molecular formula is C15H23N3O2. The highest BCUT2D eigenvalue weighted by Crippen LogP contribution is 2.12. The second-order valence-corrected chi connectivity index (χ2v) is 4.96. The van der Waals surface area contributed by atoms with Crippen LogP contribution in [-0.4, -0.2) is 35.8 Å². The highest BCUT2D eigenvalue weighted by Gasteiger charge is 2.23. The molecule has 0 aromatic heterocycles. The molecule has 0 fully saturated rings. The van der Waals surface area contributed by atoms with Gasteiger partial charge in [0.1, 0.15) is 6.04 Å². The number of nitrogens with zero attached hydrogens (tertiary/aromatic N) is 1. The van der Waals surface area contributed by atoms with Gasteiger partial charge in [0.15, 0.2) is 0 Å². The van der Waals surface area contributed by atoms with E-state index < -0.39 is 6.04 Å². The van der Waals surface area contributed by atoms with Gasteiger partial charge in [-0.2, -0.15) is 0 Å². The lowest BCUT2D eigenvalue weighted by molar-refractivity contribution is -0.137. The molecule has 1 aromatic carbocycles. The van der Waals surface area contributed by atoms with E-state index in [9.17, 15) is 9.59 Å². The molecule has 3 N–H and O–H groups in total. The van der Waals surface area contributed by atoms with Crippen molar-refractivity contribution in [2.45, 2.75) is 32.9 Å². The number of hydrogen-bond donors (Lipinski definition) is 2. The van der Waals surface area contributed by atoms with Crippen molar-refractivity contribution in [1.82, 2.24) is 10.2 Å². The van der Waals surface area contributed by atoms with Gasteiger partial charge in [-0.3, -0.25) is 9.59 Å². The number of benzene rings is 1. The van der Waals surface area contributed by atoms with E-state index in [4.69, 9.17) is 5.73 Å². The number of carbonyl (C=O) groups excluding carboxylic acids is 2. The molecule has 5 heteroatoms. The first-order chi connectivity index (χ1) is 9.45. The smallest absolute Gasteiger partial charge is 0.244 e. The number of carbonyl (C=O) groups is 2. The first-order valence-corrected chi connectivity index (χ1v) is 6.84. The van der Waals surface area contributed by atoms with Crippen LogP contribution in [0.15, 0.2) is 30.3 Å². The number of rotatable bonds is 6. The molecule has 1 aromatic rings. The van der Waals surface area contributed by atoms with E-state index in [-0.39, 0.29) is 24.4 Å². The van der Waals surface area contributed by atoms with Gasteiger partial charge in [0.25, 0.3) is 0 Å². The molecule has 0 unspecified atom stereocenters. The van der Waals surface area contributed by atoms with Crippen LogP contribution in [-0.2, 0) is 9.59 Å². The maximum absolute atomic E-state index is 12.3. The largest absolute Gasteiger partial charge is 0.352 e. The van der Waals surface area contributed by atoms with Crippen molar-refractivity contribution in [3.05, 3.63) is 35.9 Å². The van der Waals surface area contributed by atoms with Crippen LogP contribution in [0.2, 0.25) is 0 Å². The highest BCUT2D eigenvalue weighted by molar-refractivity contribution is 5.88. The quantitative estimate of drug-likeness (QED) is 0.816. The zero-order chi connectivity index (χ0) is 15.1. The van der Waals surface area contributed by atoms with Gasteiger partial charge in [-0.25, -0.2) is 0 Å². The van der Waals surface area contributed by atoms with Crippen LogP contribution in [0.5, 0.6) is 0 Å². The summed E-state index contributed by atoms with van der Waals surface area (Å²) in [5.41, 5.74) is 6.72. The molecule has 0 bridgehead atoms. The highest BCUT2D eigenvalue weighted by atomic mass is 16.2. The Balaban J connectivity index is 2.69. The summed E-state index contributed by atoms with van der Waals surface area (Å²) in [5.74, 6) is -0.409. The monoisotopic (exact) mass is 277 g/mol. The number of likely N-dealkylation sites (N-methyl/N-ethyl adjacent to an activating group) is 1. The molecule has 0 aliphatic carbocycles. The lowest BCUT2D eigenvalue weighted by Crippen LogP contribution is -2.45. The molecule has 20 heavy (non-hydrogen) atoms. The molecule has 0 radical (unpaired) electrons. The standard InChI is InChI=1S/C15H23N3O2/c1-4-18(10-13(19)17-11(2)3)15(20)14(16)12-8-6-5-7-9-12/h5-9,11,14H,4,10,16H2,1-3H3,(H,17,19)/t14-/m0/s1. The summed E-state index contributed by atoms with van der Waals surface area (Å²) >= 11 is 0. The third kappa shape index (κ3) is 4.66. The first-order valence-electron chi connectivity index (χ1n) is 6.84. The fourth-order valence-electron chi connectivity index (χ4n) is 1.89. The second-order valence-electron chi connectivity index (χ2n) is 4.96. The zero-order valence-electron chi connectivity index (χ0n) is 12.3. The van der Waals surface area contributed by atoms with Crippen molar-refractivity contribution in [3.8, 4) is 0 Å². The SMILES string of the molecule is CCN(CC(=O)NC(C)C)C(=O)[C@@H](N)c1ccccc1. The lowest BCUT2D eigenvalue weighted by atomic mass is 10.1. The van der Waals surface area contributed by atoms with Crippen molar-refractivity contribution in [2.75, 3.05) is 13.1 Å². The maximum atomic E-state index is 12.3. The van der Waals surface area contributed by atoms with Gasteiger partial charge < -0.3 is 16.0 Å². The van der Waals surface area contributed by atoms with Crippen LogP contribution in [0, 0.1) is 0 Å². The average molecular weight is 277 g/mol. The molecule has 2 amide bonds. The second kappa shape index (κ2) is 7.65. The minimum Gasteiger partial charge on any atom is -0.352 e. The average Bonchev–Trinajstić information content (AvgIpc) is 2.43. The van der Waals surface area contributed by atoms with Gasteiger partial charge in [0.2, 0.25) is 11.8 Å². The molecule has 0 aliphatic heterocycles. The first kappa shape index (κ1) is 16.2. The van der Waals surface area contributed by atoms with Crippen molar-refractivity contribution >= 4 is 11.8 Å². The minimum atomic E-state index is -0.733. The summed E-state index contributed by atoms with van der Waals surface area (Å²) in [6.45, 7) is 6.08. The van der Waals surface area contributed by atoms with Crippen LogP contribution in [0.1, 0.15) is 32.4 Å². The summed E-state index contributed by atoms with van der Waals surface area (Å²) in [6.07, 6.45) is 0. The van der Waals surface area contributed by atoms with E-state index in [1.807, 2.05) is 51.1 Å². The van der Waals surface area contributed by atoms with E-state index in [0.29, 0.717) is 6.54 Å². The molecule has 1 atom stereocenters. The molecule has 0 heterocycles. The normalized spacial score (nSPS) is 12.1. The lowest BCUT2D eigenvalue weighted by Gasteiger charge is -2.24. The number of nitrogens with one attached hydrogen (secondary N) is 1. The van der Waals surface area contributed by atoms with Crippen molar-refractivity contribution in [3.63, 3.8) is 0 Å². The minimum absolute atomic E-state index is 0.0358. The fraction of sp³-hybridized carbons (Fsp3) is 0.467. The molecular weight excluding hydrogens is 254 g/mol. The van der Waals surface area contributed by atoms with Gasteiger partial charge in [0, 0.05) is 12.6 Å². The predicted molar refractivity (Wildman–Crippen MR) is 78.9 cm³/mol. The molecule has 0 spiro atoms. The van der Waals surface area contributed by atoms with Crippen molar-refractivity contribution < 1.29 is 9.59 Å². The van der Waals surface area contributed by atoms with Gasteiger partial charge in [-0.15, -0.1) is 0 Å². The predicted octanol–water partition coefficient (Wildman–Crippen LogP) is 1.06. The summed E-state index contributed by atoms with van der Waals surface area (Å²) in [5, 5.41) is 2.77. The molecule has 110 valence electrons. The summed E-state index contributed by atoms with van der Waals surface area (Å²) in [6, 6.07) is 8.49. The molecule has 0 aliphatic rings. The van der Waals surface area contributed by atoms with Crippen LogP contribution < -0.4 is 11.1 Å². The molecule has 1 rings (SSSR count). The van der Waals surface area contributed by atoms with Crippen molar-refractivity contribution in [2.24, 2.45) is 5.73 Å². The number of hydrogen-bond acceptors (Lipinski definition) is 3. The Morgan fingerprint density at radius 2 is 1.85 bits per heavy atom. The van der Waals surface area contributed by atoms with Crippen LogP contribution in [0.25, 0.3) is 0 Å². The fourth-order valence-corrected chi connectivity index (χ4v) is 1.89. The number of amides is 2. The van der Waals surface area contributed by atoms with Gasteiger partial charge in [-0.05, 0) is 26.3 Å². The molecule has 5 nitrogen and oxygen atoms in total. The topological polar surface area (TPSA) is 75.4 Å². The third-order valence-electron chi connectivity index (χ3n) is 2.90. The van der Waals surface area contributed by atoms with Crippen LogP contribution in [0.4, 0.5) is 0 Å². The Morgan fingerprint density at radius 1 is 1.25 bits per heavy atom. The van der Waals surface area contributed by atoms with Crippen LogP contribution in [0.3, 0.4) is 0 Å². The molecule has 0 saturated heterocycles. The summed E-state index contributed by atoms with van der Waals surface area (Å²) in [4.78, 5) is 25.5. The van der Waals surface area contributed by atoms with E-state index in [1.165, 1.54) is 4.90 Å². The van der Waals surface area contributed by atoms with E-state index in [0.717, 1.165) is 5.56 Å². The Labute approximate surface area is 120 Å². The van der Waals surface area contributed by atoms with E-state index >= 15 is 0 Å². The van der Waals surface area contributed by atoms with Crippen LogP contribution >= 0.6 is 0 Å². The number of nitrogens with two attached hydrogens (primary N) is 1. The Bertz CT molecular complexity index is 446. The van der Waals surface area contributed by atoms with Gasteiger partial charge in [0.05, 0.1) is 6.54 Å². The zero-order valence-corrected chi connectivity index (χ0v) is 12.3. The van der Waals surface area contributed by atoms with E-state index in [2.05, 4.69) is 5.32 Å². The third-order valence-corrected chi connectivity index (χ3v) is 2.90.